The molecule has 0 aromatic carbocycles. The van der Waals surface area contributed by atoms with E-state index in [1.807, 2.05) is 6.92 Å². The fourth-order valence-corrected chi connectivity index (χ4v) is 2.75. The van der Waals surface area contributed by atoms with Crippen LogP contribution in [-0.2, 0) is 34.8 Å². The monoisotopic (exact) mass is 289 g/mol. The van der Waals surface area contributed by atoms with Gasteiger partial charge in [0.1, 0.15) is 0 Å². The Morgan fingerprint density at radius 2 is 2.21 bits per heavy atom. The van der Waals surface area contributed by atoms with Gasteiger partial charge < -0.3 is 5.11 Å². The van der Waals surface area contributed by atoms with E-state index in [9.17, 15) is 13.2 Å². The van der Waals surface area contributed by atoms with E-state index in [4.69, 9.17) is 5.11 Å². The van der Waals surface area contributed by atoms with Gasteiger partial charge in [0.2, 0.25) is 10.0 Å². The molecule has 0 unspecified atom stereocenters. The van der Waals surface area contributed by atoms with E-state index >= 15 is 0 Å². The second-order valence-electron chi connectivity index (χ2n) is 4.27. The Kier molecular flexibility index (Phi) is 5.49. The van der Waals surface area contributed by atoms with Gasteiger partial charge in [-0.05, 0) is 12.8 Å². The minimum Gasteiger partial charge on any atom is -0.481 e. The number of carbonyl (C=O) groups is 1. The first-order chi connectivity index (χ1) is 8.84. The largest absolute Gasteiger partial charge is 0.481 e. The number of nitrogens with one attached hydrogen (secondary N) is 1. The molecule has 108 valence electrons. The average Bonchev–Trinajstić information content (AvgIpc) is 2.66. The molecule has 7 nitrogen and oxygen atoms in total. The van der Waals surface area contributed by atoms with E-state index in [0.29, 0.717) is 0 Å². The molecule has 0 fully saturated rings. The Morgan fingerprint density at radius 3 is 2.79 bits per heavy atom. The topological polar surface area (TPSA) is 101 Å². The highest BCUT2D eigenvalue weighted by atomic mass is 32.2. The highest BCUT2D eigenvalue weighted by Gasteiger charge is 2.13. The van der Waals surface area contributed by atoms with Gasteiger partial charge in [-0.15, -0.1) is 0 Å². The lowest BCUT2D eigenvalue weighted by Crippen LogP contribution is -2.26. The number of aliphatic carboxylic acids is 1. The molecule has 0 saturated heterocycles. The molecule has 0 aliphatic heterocycles. The minimum absolute atomic E-state index is 0.109. The molecule has 0 bridgehead atoms. The van der Waals surface area contributed by atoms with Gasteiger partial charge in [-0.3, -0.25) is 9.48 Å². The van der Waals surface area contributed by atoms with Gasteiger partial charge in [-0.2, -0.15) is 5.10 Å². The second kappa shape index (κ2) is 6.67. The van der Waals surface area contributed by atoms with Gasteiger partial charge in [-0.25, -0.2) is 13.1 Å². The van der Waals surface area contributed by atoms with Gasteiger partial charge in [0.15, 0.2) is 0 Å². The van der Waals surface area contributed by atoms with E-state index in [0.717, 1.165) is 17.7 Å². The first-order valence-corrected chi connectivity index (χ1v) is 7.70. The molecule has 0 amide bonds. The lowest BCUT2D eigenvalue weighted by molar-refractivity contribution is -0.137. The normalized spacial score (nSPS) is 11.7. The molecule has 8 heteroatoms. The molecule has 0 aliphatic rings. The molecule has 0 aliphatic carbocycles. The van der Waals surface area contributed by atoms with Crippen LogP contribution in [0.1, 0.15) is 31.0 Å². The number of hydrogen-bond donors (Lipinski definition) is 2. The van der Waals surface area contributed by atoms with Gasteiger partial charge in [0.05, 0.1) is 11.4 Å². The minimum atomic E-state index is -3.44. The van der Waals surface area contributed by atoms with E-state index < -0.39 is 16.0 Å². The van der Waals surface area contributed by atoms with E-state index in [1.165, 1.54) is 0 Å². The van der Waals surface area contributed by atoms with Crippen LogP contribution < -0.4 is 4.72 Å². The molecular formula is C11H19N3O4S. The lowest BCUT2D eigenvalue weighted by Gasteiger charge is -2.05. The van der Waals surface area contributed by atoms with E-state index in [2.05, 4.69) is 9.82 Å². The van der Waals surface area contributed by atoms with Gasteiger partial charge in [-0.1, -0.05) is 6.92 Å². The number of nitrogens with zero attached hydrogens (tertiary/aromatic N) is 2. The van der Waals surface area contributed by atoms with Gasteiger partial charge in [0.25, 0.3) is 0 Å². The molecule has 0 radical (unpaired) electrons. The summed E-state index contributed by atoms with van der Waals surface area (Å²) in [6.07, 6.45) is 2.47. The van der Waals surface area contributed by atoms with Crippen LogP contribution >= 0.6 is 0 Å². The highest BCUT2D eigenvalue weighted by molar-refractivity contribution is 7.89. The number of aromatic nitrogens is 2. The maximum atomic E-state index is 11.7. The summed E-state index contributed by atoms with van der Waals surface area (Å²) in [6, 6.07) is 0. The predicted molar refractivity (Wildman–Crippen MR) is 70.1 cm³/mol. The Bertz CT molecular complexity index is 536. The zero-order valence-corrected chi connectivity index (χ0v) is 11.9. The van der Waals surface area contributed by atoms with Gasteiger partial charge >= 0.3 is 5.97 Å². The summed E-state index contributed by atoms with van der Waals surface area (Å²) in [7, 11) is -1.66. The van der Waals surface area contributed by atoms with Crippen LogP contribution in [-0.4, -0.2) is 35.0 Å². The zero-order chi connectivity index (χ0) is 14.5. The Labute approximate surface area is 112 Å². The van der Waals surface area contributed by atoms with Crippen molar-refractivity contribution in [2.45, 2.75) is 32.7 Å². The third-order valence-electron chi connectivity index (χ3n) is 2.61. The first kappa shape index (κ1) is 15.6. The maximum Gasteiger partial charge on any atom is 0.303 e. The molecule has 1 rings (SSSR count). The van der Waals surface area contributed by atoms with E-state index in [-0.39, 0.29) is 25.1 Å². The van der Waals surface area contributed by atoms with Crippen molar-refractivity contribution in [1.82, 2.24) is 14.5 Å². The quantitative estimate of drug-likeness (QED) is 0.715. The average molecular weight is 289 g/mol. The second-order valence-corrected chi connectivity index (χ2v) is 6.19. The summed E-state index contributed by atoms with van der Waals surface area (Å²) in [5.74, 6) is -1.17. The standard InChI is InChI=1S/C11H19N3O4S/c1-3-10-9(8-14(2)13-10)7-12-19(17,18)6-4-5-11(15)16/h8,12H,3-7H2,1-2H3,(H,15,16). The molecule has 0 atom stereocenters. The fourth-order valence-electron chi connectivity index (χ4n) is 1.70. The first-order valence-electron chi connectivity index (χ1n) is 6.04. The third-order valence-corrected chi connectivity index (χ3v) is 4.02. The van der Waals surface area contributed by atoms with Crippen molar-refractivity contribution in [2.75, 3.05) is 5.75 Å². The molecule has 2 N–H and O–H groups in total. The van der Waals surface area contributed by atoms with Crippen LogP contribution in [0.3, 0.4) is 0 Å². The van der Waals surface area contributed by atoms with Crippen molar-refractivity contribution in [2.24, 2.45) is 7.05 Å². The molecule has 19 heavy (non-hydrogen) atoms. The number of sulfonamides is 1. The van der Waals surface area contributed by atoms with Gasteiger partial charge in [0, 0.05) is 31.8 Å². The van der Waals surface area contributed by atoms with Crippen molar-refractivity contribution in [3.05, 3.63) is 17.5 Å². The Balaban J connectivity index is 2.52. The number of carboxylic acids is 1. The maximum absolute atomic E-state index is 11.7. The van der Waals surface area contributed by atoms with Crippen LogP contribution in [0.15, 0.2) is 6.20 Å². The molecular weight excluding hydrogens is 270 g/mol. The van der Waals surface area contributed by atoms with Crippen molar-refractivity contribution >= 4 is 16.0 Å². The summed E-state index contributed by atoms with van der Waals surface area (Å²) in [4.78, 5) is 10.3. The van der Waals surface area contributed by atoms with Crippen LogP contribution in [0.2, 0.25) is 0 Å². The SMILES string of the molecule is CCc1nn(C)cc1CNS(=O)(=O)CCCC(=O)O. The summed E-state index contributed by atoms with van der Waals surface area (Å²) in [6.45, 7) is 2.14. The van der Waals surface area contributed by atoms with Crippen molar-refractivity contribution < 1.29 is 18.3 Å². The Morgan fingerprint density at radius 1 is 1.53 bits per heavy atom. The summed E-state index contributed by atoms with van der Waals surface area (Å²) in [5.41, 5.74) is 1.70. The summed E-state index contributed by atoms with van der Waals surface area (Å²) < 4.78 is 27.4. The molecule has 1 aromatic heterocycles. The molecule has 1 heterocycles. The summed E-state index contributed by atoms with van der Waals surface area (Å²) in [5, 5.41) is 12.7. The van der Waals surface area contributed by atoms with Crippen molar-refractivity contribution in [3.63, 3.8) is 0 Å². The van der Waals surface area contributed by atoms with Crippen LogP contribution in [0.25, 0.3) is 0 Å². The summed E-state index contributed by atoms with van der Waals surface area (Å²) >= 11 is 0. The van der Waals surface area contributed by atoms with Crippen LogP contribution in [0.4, 0.5) is 0 Å². The van der Waals surface area contributed by atoms with Crippen molar-refractivity contribution in [1.29, 1.82) is 0 Å². The zero-order valence-electron chi connectivity index (χ0n) is 11.1. The highest BCUT2D eigenvalue weighted by Crippen LogP contribution is 2.07. The number of hydrogen-bond acceptors (Lipinski definition) is 4. The Hall–Kier alpha value is -1.41. The fraction of sp³-hybridized carbons (Fsp3) is 0.636. The molecule has 1 aromatic rings. The smallest absolute Gasteiger partial charge is 0.303 e. The number of carboxylic acid groups (broad SMARTS) is 1. The van der Waals surface area contributed by atoms with Crippen molar-refractivity contribution in [3.8, 4) is 0 Å². The predicted octanol–water partition coefficient (Wildman–Crippen LogP) is 0.267. The van der Waals surface area contributed by atoms with E-state index in [1.54, 1.807) is 17.9 Å². The number of rotatable bonds is 8. The lowest BCUT2D eigenvalue weighted by atomic mass is 10.2. The van der Waals surface area contributed by atoms with Crippen LogP contribution in [0, 0.1) is 0 Å². The third kappa shape index (κ3) is 5.39. The molecule has 0 spiro atoms. The number of aryl methyl sites for hydroxylation is 2. The van der Waals surface area contributed by atoms with Crippen LogP contribution in [0.5, 0.6) is 0 Å². The molecule has 0 saturated carbocycles.